The molecule has 19 heavy (non-hydrogen) atoms. The van der Waals surface area contributed by atoms with Crippen molar-refractivity contribution < 1.29 is 4.79 Å². The van der Waals surface area contributed by atoms with Crippen LogP contribution in [0.1, 0.15) is 12.0 Å². The third-order valence-electron chi connectivity index (χ3n) is 3.33. The van der Waals surface area contributed by atoms with E-state index in [1.54, 1.807) is 6.07 Å². The average Bonchev–Trinajstić information content (AvgIpc) is 2.48. The maximum absolute atomic E-state index is 12.2. The minimum Gasteiger partial charge on any atom is -0.373 e. The lowest BCUT2D eigenvalue weighted by Crippen LogP contribution is -2.37. The minimum atomic E-state index is -0.177. The van der Waals surface area contributed by atoms with E-state index in [4.69, 9.17) is 0 Å². The summed E-state index contributed by atoms with van der Waals surface area (Å²) in [5, 5.41) is 6.18. The quantitative estimate of drug-likeness (QED) is 0.861. The van der Waals surface area contributed by atoms with E-state index in [2.05, 4.69) is 22.8 Å². The van der Waals surface area contributed by atoms with Crippen molar-refractivity contribution in [1.82, 2.24) is 0 Å². The van der Waals surface area contributed by atoms with E-state index in [0.717, 1.165) is 18.5 Å². The smallest absolute Gasteiger partial charge is 0.246 e. The summed E-state index contributed by atoms with van der Waals surface area (Å²) >= 11 is 0. The first kappa shape index (κ1) is 11.8. The summed E-state index contributed by atoms with van der Waals surface area (Å²) in [6, 6.07) is 18.3. The normalized spacial score (nSPS) is 17.2. The molecular formula is C16H15N2O. The zero-order valence-electron chi connectivity index (χ0n) is 10.5. The number of benzene rings is 2. The summed E-state index contributed by atoms with van der Waals surface area (Å²) in [6.45, 7) is 0. The monoisotopic (exact) mass is 251 g/mol. The lowest BCUT2D eigenvalue weighted by atomic mass is 9.97. The van der Waals surface area contributed by atoms with Gasteiger partial charge in [-0.2, -0.15) is 0 Å². The largest absolute Gasteiger partial charge is 0.373 e. The highest BCUT2D eigenvalue weighted by Crippen LogP contribution is 2.24. The second kappa shape index (κ2) is 5.14. The highest BCUT2D eigenvalue weighted by Gasteiger charge is 2.23. The van der Waals surface area contributed by atoms with E-state index in [1.165, 1.54) is 5.56 Å². The van der Waals surface area contributed by atoms with Gasteiger partial charge in [-0.3, -0.25) is 4.79 Å². The Balaban J connectivity index is 1.70. The van der Waals surface area contributed by atoms with E-state index in [9.17, 15) is 4.79 Å². The molecule has 95 valence electrons. The Labute approximate surface area is 112 Å². The standard InChI is InChI=1S/C16H15N2O/c19-16(17-13-7-2-1-3-8-13)15-11-10-12-6-4-5-9-14(12)18-15/h1-7,9,15,18H,10-11H2,(H,17,19). The molecule has 2 N–H and O–H groups in total. The third-order valence-corrected chi connectivity index (χ3v) is 3.33. The molecule has 1 aliphatic heterocycles. The van der Waals surface area contributed by atoms with Gasteiger partial charge in [-0.25, -0.2) is 0 Å². The number of aryl methyl sites for hydroxylation is 1. The predicted octanol–water partition coefficient (Wildman–Crippen LogP) is 2.85. The first-order chi connectivity index (χ1) is 9.33. The molecule has 0 bridgehead atoms. The number of anilines is 2. The zero-order chi connectivity index (χ0) is 13.1. The maximum atomic E-state index is 12.2. The van der Waals surface area contributed by atoms with Crippen molar-refractivity contribution in [1.29, 1.82) is 0 Å². The Morgan fingerprint density at radius 2 is 2.05 bits per heavy atom. The van der Waals surface area contributed by atoms with Crippen molar-refractivity contribution in [2.24, 2.45) is 0 Å². The molecule has 0 saturated heterocycles. The van der Waals surface area contributed by atoms with Gasteiger partial charge in [-0.15, -0.1) is 0 Å². The molecule has 3 nitrogen and oxygen atoms in total. The maximum Gasteiger partial charge on any atom is 0.246 e. The van der Waals surface area contributed by atoms with Crippen LogP contribution in [0.25, 0.3) is 0 Å². The first-order valence-electron chi connectivity index (χ1n) is 6.45. The molecule has 0 saturated carbocycles. The number of hydrogen-bond acceptors (Lipinski definition) is 2. The van der Waals surface area contributed by atoms with Gasteiger partial charge < -0.3 is 10.6 Å². The van der Waals surface area contributed by atoms with Crippen LogP contribution in [0, 0.1) is 6.07 Å². The fourth-order valence-corrected chi connectivity index (χ4v) is 2.33. The van der Waals surface area contributed by atoms with Gasteiger partial charge in [0.15, 0.2) is 0 Å². The van der Waals surface area contributed by atoms with Crippen LogP contribution in [0.3, 0.4) is 0 Å². The van der Waals surface area contributed by atoms with Crippen LogP contribution < -0.4 is 10.6 Å². The molecule has 2 aromatic carbocycles. The summed E-state index contributed by atoms with van der Waals surface area (Å²) in [5.74, 6) is -0.00282. The number of para-hydroxylation sites is 2. The number of fused-ring (bicyclic) bond motifs is 1. The van der Waals surface area contributed by atoms with Crippen molar-refractivity contribution in [2.75, 3.05) is 10.6 Å². The van der Waals surface area contributed by atoms with Crippen LogP contribution in [0.5, 0.6) is 0 Å². The first-order valence-corrected chi connectivity index (χ1v) is 6.45. The third kappa shape index (κ3) is 2.60. The molecule has 0 aliphatic carbocycles. The highest BCUT2D eigenvalue weighted by molar-refractivity contribution is 5.96. The summed E-state index contributed by atoms with van der Waals surface area (Å²) in [5.41, 5.74) is 3.05. The van der Waals surface area contributed by atoms with E-state index < -0.39 is 0 Å². The molecule has 1 heterocycles. The summed E-state index contributed by atoms with van der Waals surface area (Å²) in [4.78, 5) is 12.2. The van der Waals surface area contributed by atoms with Crippen molar-refractivity contribution in [3.05, 3.63) is 60.2 Å². The van der Waals surface area contributed by atoms with E-state index in [0.29, 0.717) is 5.69 Å². The lowest BCUT2D eigenvalue weighted by Gasteiger charge is -2.26. The Hall–Kier alpha value is -2.29. The van der Waals surface area contributed by atoms with Crippen molar-refractivity contribution in [2.45, 2.75) is 18.9 Å². The number of carbonyl (C=O) groups is 1. The fourth-order valence-electron chi connectivity index (χ4n) is 2.33. The van der Waals surface area contributed by atoms with Gasteiger partial charge >= 0.3 is 0 Å². The average molecular weight is 251 g/mol. The minimum absolute atomic E-state index is 0.00282. The number of amides is 1. The fraction of sp³-hybridized carbons (Fsp3) is 0.188. The van der Waals surface area contributed by atoms with Gasteiger partial charge in [0, 0.05) is 17.4 Å². The predicted molar refractivity (Wildman–Crippen MR) is 76.1 cm³/mol. The highest BCUT2D eigenvalue weighted by atomic mass is 16.2. The van der Waals surface area contributed by atoms with Crippen molar-refractivity contribution in [3.8, 4) is 0 Å². The van der Waals surface area contributed by atoms with Crippen LogP contribution in [0.15, 0.2) is 48.5 Å². The summed E-state index contributed by atoms with van der Waals surface area (Å²) < 4.78 is 0. The zero-order valence-corrected chi connectivity index (χ0v) is 10.5. The van der Waals surface area contributed by atoms with E-state index in [-0.39, 0.29) is 11.9 Å². The molecular weight excluding hydrogens is 236 g/mol. The number of nitrogens with one attached hydrogen (secondary N) is 2. The molecule has 2 aromatic rings. The Morgan fingerprint density at radius 3 is 2.89 bits per heavy atom. The van der Waals surface area contributed by atoms with E-state index >= 15 is 0 Å². The van der Waals surface area contributed by atoms with Gasteiger partial charge in [-0.05, 0) is 30.5 Å². The molecule has 1 aliphatic rings. The Bertz CT molecular complexity index is 580. The molecule has 0 aromatic heterocycles. The second-order valence-corrected chi connectivity index (χ2v) is 4.66. The van der Waals surface area contributed by atoms with Crippen LogP contribution in [-0.4, -0.2) is 11.9 Å². The molecule has 1 atom stereocenters. The van der Waals surface area contributed by atoms with Gasteiger partial charge in [0.25, 0.3) is 0 Å². The SMILES string of the molecule is O=C(Nc1[c]cccc1)C1CCc2ccccc2N1. The molecule has 1 amide bonds. The number of hydrogen-bond donors (Lipinski definition) is 2. The Kier molecular flexibility index (Phi) is 3.19. The molecule has 0 spiro atoms. The van der Waals surface area contributed by atoms with Crippen LogP contribution >= 0.6 is 0 Å². The van der Waals surface area contributed by atoms with Gasteiger partial charge in [0.1, 0.15) is 6.04 Å². The van der Waals surface area contributed by atoms with Crippen LogP contribution in [-0.2, 0) is 11.2 Å². The number of carbonyl (C=O) groups excluding carboxylic acids is 1. The molecule has 3 rings (SSSR count). The topological polar surface area (TPSA) is 41.1 Å². The second-order valence-electron chi connectivity index (χ2n) is 4.66. The lowest BCUT2D eigenvalue weighted by molar-refractivity contribution is -0.117. The van der Waals surface area contributed by atoms with Gasteiger partial charge in [0.2, 0.25) is 5.91 Å². The molecule has 3 heteroatoms. The van der Waals surface area contributed by atoms with Crippen molar-refractivity contribution >= 4 is 17.3 Å². The number of rotatable bonds is 2. The molecule has 0 fully saturated rings. The Morgan fingerprint density at radius 1 is 1.21 bits per heavy atom. The molecule has 1 unspecified atom stereocenters. The van der Waals surface area contributed by atoms with Gasteiger partial charge in [0.05, 0.1) is 0 Å². The molecule has 1 radical (unpaired) electrons. The van der Waals surface area contributed by atoms with Gasteiger partial charge in [-0.1, -0.05) is 36.4 Å². The van der Waals surface area contributed by atoms with Crippen LogP contribution in [0.4, 0.5) is 11.4 Å². The summed E-state index contributed by atoms with van der Waals surface area (Å²) in [6.07, 6.45) is 1.75. The summed E-state index contributed by atoms with van der Waals surface area (Å²) in [7, 11) is 0. The van der Waals surface area contributed by atoms with Crippen molar-refractivity contribution in [3.63, 3.8) is 0 Å². The van der Waals surface area contributed by atoms with Crippen LogP contribution in [0.2, 0.25) is 0 Å². The van der Waals surface area contributed by atoms with E-state index in [1.807, 2.05) is 36.4 Å².